The topological polar surface area (TPSA) is 57.5 Å². The number of carbonyl (C=O) groups is 1. The molecule has 5 aliphatic rings. The predicted molar refractivity (Wildman–Crippen MR) is 132 cm³/mol. The van der Waals surface area contributed by atoms with Crippen molar-refractivity contribution in [3.05, 3.63) is 11.6 Å². The van der Waals surface area contributed by atoms with E-state index in [0.29, 0.717) is 18.3 Å². The maximum absolute atomic E-state index is 12.6. The van der Waals surface area contributed by atoms with Gasteiger partial charge in [0.1, 0.15) is 6.29 Å². The lowest BCUT2D eigenvalue weighted by Gasteiger charge is -2.71. The number of rotatable bonds is 1. The van der Waals surface area contributed by atoms with Crippen LogP contribution >= 0.6 is 0 Å². The van der Waals surface area contributed by atoms with Crippen molar-refractivity contribution in [3.63, 3.8) is 0 Å². The Balaban J connectivity index is 1.62. The number of aldehydes is 1. The van der Waals surface area contributed by atoms with Gasteiger partial charge in [0.15, 0.2) is 0 Å². The number of carbonyl (C=O) groups excluding carboxylic acids is 1. The molecule has 33 heavy (non-hydrogen) atoms. The highest BCUT2D eigenvalue weighted by atomic mass is 16.3. The van der Waals surface area contributed by atoms with E-state index in [4.69, 9.17) is 0 Å². The van der Waals surface area contributed by atoms with E-state index < -0.39 is 11.5 Å². The van der Waals surface area contributed by atoms with Crippen molar-refractivity contribution in [2.24, 2.45) is 50.2 Å². The van der Waals surface area contributed by atoms with Crippen LogP contribution in [0.1, 0.15) is 106 Å². The fourth-order valence-electron chi connectivity index (χ4n) is 10.6. The molecule has 4 fully saturated rings. The third-order valence-corrected chi connectivity index (χ3v) is 13.0. The second-order valence-electron chi connectivity index (χ2n) is 15.0. The lowest BCUT2D eigenvalue weighted by molar-refractivity contribution is -0.213. The zero-order chi connectivity index (χ0) is 24.2. The summed E-state index contributed by atoms with van der Waals surface area (Å²) in [7, 11) is 0. The Labute approximate surface area is 201 Å². The Bertz CT molecular complexity index is 872. The molecular weight excluding hydrogens is 408 g/mol. The van der Waals surface area contributed by atoms with Crippen molar-refractivity contribution >= 4 is 6.29 Å². The quantitative estimate of drug-likeness (QED) is 0.359. The molecule has 3 heteroatoms. The summed E-state index contributed by atoms with van der Waals surface area (Å²) in [5.74, 6) is 1.25. The second-order valence-corrected chi connectivity index (χ2v) is 15.0. The summed E-state index contributed by atoms with van der Waals surface area (Å²) in [6, 6.07) is 0. The van der Waals surface area contributed by atoms with E-state index in [2.05, 4.69) is 54.5 Å². The Morgan fingerprint density at radius 3 is 2.21 bits per heavy atom. The smallest absolute Gasteiger partial charge is 0.129 e. The summed E-state index contributed by atoms with van der Waals surface area (Å²) in [6.45, 7) is 16.8. The molecule has 9 atom stereocenters. The summed E-state index contributed by atoms with van der Waals surface area (Å²) in [6.07, 6.45) is 11.9. The molecule has 4 saturated carbocycles. The molecule has 0 saturated heterocycles. The third kappa shape index (κ3) is 2.85. The molecule has 0 unspecified atom stereocenters. The molecule has 2 N–H and O–H groups in total. The third-order valence-electron chi connectivity index (χ3n) is 13.0. The zero-order valence-corrected chi connectivity index (χ0v) is 22.2. The van der Waals surface area contributed by atoms with Gasteiger partial charge in [-0.25, -0.2) is 0 Å². The highest BCUT2D eigenvalue weighted by Gasteiger charge is 2.69. The van der Waals surface area contributed by atoms with Gasteiger partial charge in [0.25, 0.3) is 0 Å². The summed E-state index contributed by atoms with van der Waals surface area (Å²) in [5.41, 5.74) is 1.31. The number of allylic oxidation sites excluding steroid dienone is 2. The molecule has 5 rings (SSSR count). The van der Waals surface area contributed by atoms with Crippen LogP contribution in [-0.4, -0.2) is 28.7 Å². The van der Waals surface area contributed by atoms with Crippen LogP contribution in [0.25, 0.3) is 0 Å². The molecule has 0 aromatic rings. The number of hydrogen-bond donors (Lipinski definition) is 2. The van der Waals surface area contributed by atoms with Crippen LogP contribution in [0, 0.1) is 50.2 Å². The number of hydrogen-bond acceptors (Lipinski definition) is 3. The van der Waals surface area contributed by atoms with Crippen molar-refractivity contribution in [2.75, 3.05) is 0 Å². The lowest BCUT2D eigenvalue weighted by atomic mass is 9.33. The van der Waals surface area contributed by atoms with Crippen LogP contribution < -0.4 is 0 Å². The number of aliphatic hydroxyl groups excluding tert-OH is 2. The number of aliphatic hydroxyl groups is 2. The van der Waals surface area contributed by atoms with Gasteiger partial charge in [0.2, 0.25) is 0 Å². The van der Waals surface area contributed by atoms with E-state index in [-0.39, 0.29) is 39.1 Å². The molecule has 0 spiro atoms. The van der Waals surface area contributed by atoms with Crippen LogP contribution in [0.2, 0.25) is 0 Å². The van der Waals surface area contributed by atoms with E-state index in [0.717, 1.165) is 57.7 Å². The van der Waals surface area contributed by atoms with Crippen LogP contribution in [0.3, 0.4) is 0 Å². The van der Waals surface area contributed by atoms with Gasteiger partial charge in [-0.15, -0.1) is 0 Å². The van der Waals surface area contributed by atoms with Crippen molar-refractivity contribution in [1.82, 2.24) is 0 Å². The second kappa shape index (κ2) is 6.96. The van der Waals surface area contributed by atoms with Gasteiger partial charge in [-0.2, -0.15) is 0 Å². The predicted octanol–water partition coefficient (Wildman–Crippen LogP) is 6.32. The summed E-state index contributed by atoms with van der Waals surface area (Å²) in [5, 5.41) is 22.5. The molecule has 0 aliphatic heterocycles. The van der Waals surface area contributed by atoms with Crippen molar-refractivity contribution < 1.29 is 15.0 Å². The molecule has 186 valence electrons. The van der Waals surface area contributed by atoms with Gasteiger partial charge < -0.3 is 15.0 Å². The Morgan fingerprint density at radius 2 is 1.55 bits per heavy atom. The van der Waals surface area contributed by atoms with Gasteiger partial charge in [-0.05, 0) is 103 Å². The fraction of sp³-hybridized carbons (Fsp3) is 0.900. The molecule has 0 radical (unpaired) electrons. The monoisotopic (exact) mass is 456 g/mol. The molecular formula is C30H48O3. The molecule has 5 aliphatic carbocycles. The maximum Gasteiger partial charge on any atom is 0.129 e. The maximum atomic E-state index is 12.6. The van der Waals surface area contributed by atoms with E-state index in [1.165, 1.54) is 5.57 Å². The van der Waals surface area contributed by atoms with E-state index in [1.807, 2.05) is 0 Å². The molecule has 3 nitrogen and oxygen atoms in total. The van der Waals surface area contributed by atoms with Gasteiger partial charge in [0, 0.05) is 0 Å². The molecule has 0 bridgehead atoms. The van der Waals surface area contributed by atoms with Gasteiger partial charge in [0.05, 0.1) is 17.6 Å². The van der Waals surface area contributed by atoms with Crippen LogP contribution in [-0.2, 0) is 4.79 Å². The molecule has 0 aromatic heterocycles. The zero-order valence-electron chi connectivity index (χ0n) is 22.2. The molecule has 0 aromatic carbocycles. The first-order chi connectivity index (χ1) is 15.2. The van der Waals surface area contributed by atoms with Crippen molar-refractivity contribution in [1.29, 1.82) is 0 Å². The first-order valence-electron chi connectivity index (χ1n) is 13.7. The Kier molecular flexibility index (Phi) is 5.07. The van der Waals surface area contributed by atoms with E-state index in [1.54, 1.807) is 0 Å². The van der Waals surface area contributed by atoms with Crippen LogP contribution in [0.4, 0.5) is 0 Å². The van der Waals surface area contributed by atoms with Gasteiger partial charge in [-0.3, -0.25) is 0 Å². The van der Waals surface area contributed by atoms with Crippen molar-refractivity contribution in [3.8, 4) is 0 Å². The lowest BCUT2D eigenvalue weighted by Crippen LogP contribution is -2.66. The minimum Gasteiger partial charge on any atom is -0.393 e. The summed E-state index contributed by atoms with van der Waals surface area (Å²) >= 11 is 0. The Morgan fingerprint density at radius 1 is 0.848 bits per heavy atom. The minimum atomic E-state index is -0.595. The fourth-order valence-corrected chi connectivity index (χ4v) is 10.6. The normalized spacial score (nSPS) is 54.7. The van der Waals surface area contributed by atoms with Crippen molar-refractivity contribution in [2.45, 2.75) is 118 Å². The Hall–Kier alpha value is -0.670. The first-order valence-corrected chi connectivity index (χ1v) is 13.7. The molecule has 0 amide bonds. The first kappa shape index (κ1) is 24.0. The minimum absolute atomic E-state index is 0.0502. The summed E-state index contributed by atoms with van der Waals surface area (Å²) < 4.78 is 0. The van der Waals surface area contributed by atoms with E-state index in [9.17, 15) is 15.0 Å². The average molecular weight is 457 g/mol. The average Bonchev–Trinajstić information content (AvgIpc) is 2.71. The molecule has 0 heterocycles. The summed E-state index contributed by atoms with van der Waals surface area (Å²) in [4.78, 5) is 12.6. The van der Waals surface area contributed by atoms with E-state index >= 15 is 0 Å². The SMILES string of the molecule is CC1(C)CC[C@]2(C=O)[C@@H](O)C[C@]3(C)C(=CC[C@@H]4[C@@]5(C)CC[C@H](O)C(C)(C)[C@@H]5CC[C@]43C)[C@@H]2C1. The number of fused-ring (bicyclic) bond motifs is 7. The van der Waals surface area contributed by atoms with Gasteiger partial charge in [-0.1, -0.05) is 60.1 Å². The highest BCUT2D eigenvalue weighted by molar-refractivity contribution is 5.64. The van der Waals surface area contributed by atoms with Crippen LogP contribution in [0.15, 0.2) is 11.6 Å². The largest absolute Gasteiger partial charge is 0.393 e. The van der Waals surface area contributed by atoms with Gasteiger partial charge >= 0.3 is 0 Å². The standard InChI is InChI=1S/C30H48O3/c1-25(2)14-15-30(18-31)20(16-25)19-8-9-22-27(5)12-11-23(32)26(3,4)21(27)10-13-28(22,6)29(19,7)17-24(30)33/h8,18,20-24,32-33H,9-17H2,1-7H3/t20-,21-,22+,23-,24-,27-,28+,29+,30+/m0/s1. The highest BCUT2D eigenvalue weighted by Crippen LogP contribution is 2.75. The van der Waals surface area contributed by atoms with Crippen LogP contribution in [0.5, 0.6) is 0 Å².